The van der Waals surface area contributed by atoms with Crippen LogP contribution in [-0.2, 0) is 0 Å². The van der Waals surface area contributed by atoms with Crippen LogP contribution in [0.3, 0.4) is 0 Å². The lowest BCUT2D eigenvalue weighted by molar-refractivity contribution is 0.216. The van der Waals surface area contributed by atoms with Crippen molar-refractivity contribution in [2.75, 3.05) is 0 Å². The van der Waals surface area contributed by atoms with Gasteiger partial charge >= 0.3 is 0 Å². The minimum absolute atomic E-state index is 0.803. The molecule has 68 valence electrons. The Kier molecular flexibility index (Phi) is 3.58. The van der Waals surface area contributed by atoms with Crippen molar-refractivity contribution in [2.45, 2.75) is 39.5 Å². The Balaban J connectivity index is 2.20. The highest BCUT2D eigenvalue weighted by Gasteiger charge is 2.28. The second-order valence-electron chi connectivity index (χ2n) is 3.90. The lowest BCUT2D eigenvalue weighted by Gasteiger charge is -2.35. The summed E-state index contributed by atoms with van der Waals surface area (Å²) in [7, 11) is 0. The van der Waals surface area contributed by atoms with E-state index in [-0.39, 0.29) is 0 Å². The number of allylic oxidation sites excluding steroid dienone is 3. The number of rotatable bonds is 4. The molecule has 1 aliphatic rings. The maximum Gasteiger partial charge on any atom is -0.0163 e. The second-order valence-corrected chi connectivity index (χ2v) is 3.90. The second kappa shape index (κ2) is 4.49. The van der Waals surface area contributed by atoms with Gasteiger partial charge in [-0.15, -0.1) is 0 Å². The Morgan fingerprint density at radius 2 is 2.17 bits per heavy atom. The molecule has 1 saturated carbocycles. The topological polar surface area (TPSA) is 0 Å². The standard InChI is InChI=1S/C12H20/c1-4-6-10(3)12-8-11(9-12)7-5-2/h4,6,11-12H,3,5,7-9H2,1-2H3. The first-order valence-electron chi connectivity index (χ1n) is 5.09. The van der Waals surface area contributed by atoms with Crippen LogP contribution >= 0.6 is 0 Å². The Morgan fingerprint density at radius 1 is 1.50 bits per heavy atom. The third kappa shape index (κ3) is 2.23. The molecular formula is C12H20. The fraction of sp³-hybridized carbons (Fsp3) is 0.667. The lowest BCUT2D eigenvalue weighted by atomic mass is 9.70. The monoisotopic (exact) mass is 164 g/mol. The van der Waals surface area contributed by atoms with E-state index in [2.05, 4.69) is 32.6 Å². The van der Waals surface area contributed by atoms with Gasteiger partial charge < -0.3 is 0 Å². The van der Waals surface area contributed by atoms with Gasteiger partial charge in [0.1, 0.15) is 0 Å². The molecule has 0 spiro atoms. The Bertz CT molecular complexity index is 170. The van der Waals surface area contributed by atoms with E-state index in [4.69, 9.17) is 0 Å². The summed E-state index contributed by atoms with van der Waals surface area (Å²) in [5.74, 6) is 1.81. The first-order chi connectivity index (χ1) is 5.77. The minimum atomic E-state index is 0.803. The molecular weight excluding hydrogens is 144 g/mol. The van der Waals surface area contributed by atoms with E-state index in [0.29, 0.717) is 0 Å². The summed E-state index contributed by atoms with van der Waals surface area (Å²) >= 11 is 0. The van der Waals surface area contributed by atoms with Gasteiger partial charge in [-0.2, -0.15) is 0 Å². The first kappa shape index (κ1) is 9.57. The van der Waals surface area contributed by atoms with Crippen LogP contribution in [0.1, 0.15) is 39.5 Å². The molecule has 12 heavy (non-hydrogen) atoms. The van der Waals surface area contributed by atoms with Crippen molar-refractivity contribution >= 4 is 0 Å². The van der Waals surface area contributed by atoms with Crippen LogP contribution < -0.4 is 0 Å². The molecule has 0 heteroatoms. The van der Waals surface area contributed by atoms with Gasteiger partial charge in [0.25, 0.3) is 0 Å². The van der Waals surface area contributed by atoms with Crippen LogP contribution in [0.15, 0.2) is 24.3 Å². The molecule has 1 fully saturated rings. The number of hydrogen-bond acceptors (Lipinski definition) is 0. The summed E-state index contributed by atoms with van der Waals surface area (Å²) in [6.45, 7) is 8.41. The van der Waals surface area contributed by atoms with E-state index in [9.17, 15) is 0 Å². The average molecular weight is 164 g/mol. The van der Waals surface area contributed by atoms with Gasteiger partial charge in [0.2, 0.25) is 0 Å². The van der Waals surface area contributed by atoms with Crippen molar-refractivity contribution in [3.05, 3.63) is 24.3 Å². The molecule has 0 amide bonds. The molecule has 0 saturated heterocycles. The van der Waals surface area contributed by atoms with Crippen LogP contribution in [0.2, 0.25) is 0 Å². The van der Waals surface area contributed by atoms with Crippen LogP contribution in [-0.4, -0.2) is 0 Å². The molecule has 1 aliphatic carbocycles. The van der Waals surface area contributed by atoms with E-state index in [1.165, 1.54) is 31.3 Å². The summed E-state index contributed by atoms with van der Waals surface area (Å²) in [4.78, 5) is 0. The van der Waals surface area contributed by atoms with Gasteiger partial charge in [-0.25, -0.2) is 0 Å². The van der Waals surface area contributed by atoms with E-state index < -0.39 is 0 Å². The molecule has 0 heterocycles. The zero-order valence-corrected chi connectivity index (χ0v) is 8.34. The Morgan fingerprint density at radius 3 is 2.67 bits per heavy atom. The maximum absolute atomic E-state index is 4.07. The molecule has 0 unspecified atom stereocenters. The summed E-state index contributed by atoms with van der Waals surface area (Å²) in [6, 6.07) is 0. The van der Waals surface area contributed by atoms with E-state index in [1.54, 1.807) is 0 Å². The summed E-state index contributed by atoms with van der Waals surface area (Å²) < 4.78 is 0. The first-order valence-corrected chi connectivity index (χ1v) is 5.09. The highest BCUT2D eigenvalue weighted by Crippen LogP contribution is 2.40. The van der Waals surface area contributed by atoms with Crippen molar-refractivity contribution < 1.29 is 0 Å². The summed E-state index contributed by atoms with van der Waals surface area (Å²) in [6.07, 6.45) is 9.78. The zero-order chi connectivity index (χ0) is 8.97. The highest BCUT2D eigenvalue weighted by atomic mass is 14.3. The fourth-order valence-corrected chi connectivity index (χ4v) is 2.03. The summed E-state index contributed by atoms with van der Waals surface area (Å²) in [5.41, 5.74) is 1.34. The van der Waals surface area contributed by atoms with Crippen molar-refractivity contribution in [3.8, 4) is 0 Å². The predicted octanol–water partition coefficient (Wildman–Crippen LogP) is 3.95. The molecule has 0 aromatic rings. The van der Waals surface area contributed by atoms with Crippen LogP contribution in [0.25, 0.3) is 0 Å². The smallest absolute Gasteiger partial charge is 0.0163 e. The number of hydrogen-bond donors (Lipinski definition) is 0. The van der Waals surface area contributed by atoms with Crippen molar-refractivity contribution in [2.24, 2.45) is 11.8 Å². The third-order valence-corrected chi connectivity index (χ3v) is 2.84. The minimum Gasteiger partial charge on any atom is -0.0956 e. The molecule has 0 nitrogen and oxygen atoms in total. The molecule has 0 N–H and O–H groups in total. The van der Waals surface area contributed by atoms with E-state index in [1.807, 2.05) is 0 Å². The molecule has 0 bridgehead atoms. The third-order valence-electron chi connectivity index (χ3n) is 2.84. The normalized spacial score (nSPS) is 28.8. The highest BCUT2D eigenvalue weighted by molar-refractivity contribution is 5.19. The van der Waals surface area contributed by atoms with Gasteiger partial charge in [0, 0.05) is 0 Å². The van der Waals surface area contributed by atoms with Crippen LogP contribution in [0.4, 0.5) is 0 Å². The largest absolute Gasteiger partial charge is 0.0956 e. The van der Waals surface area contributed by atoms with Crippen LogP contribution in [0.5, 0.6) is 0 Å². The summed E-state index contributed by atoms with van der Waals surface area (Å²) in [5, 5.41) is 0. The maximum atomic E-state index is 4.07. The average Bonchev–Trinajstić information content (AvgIpc) is 1.96. The van der Waals surface area contributed by atoms with E-state index >= 15 is 0 Å². The zero-order valence-electron chi connectivity index (χ0n) is 8.34. The Labute approximate surface area is 76.4 Å². The van der Waals surface area contributed by atoms with Gasteiger partial charge in [-0.1, -0.05) is 44.1 Å². The van der Waals surface area contributed by atoms with Gasteiger partial charge in [0.15, 0.2) is 0 Å². The molecule has 1 rings (SSSR count). The van der Waals surface area contributed by atoms with Crippen molar-refractivity contribution in [1.82, 2.24) is 0 Å². The van der Waals surface area contributed by atoms with Crippen molar-refractivity contribution in [3.63, 3.8) is 0 Å². The quantitative estimate of drug-likeness (QED) is 0.552. The molecule has 0 aliphatic heterocycles. The van der Waals surface area contributed by atoms with Gasteiger partial charge in [-0.05, 0) is 31.6 Å². The Hall–Kier alpha value is -0.520. The SMILES string of the molecule is C=C(C=CC)C1CC(CCC)C1. The van der Waals surface area contributed by atoms with Gasteiger partial charge in [-0.3, -0.25) is 0 Å². The van der Waals surface area contributed by atoms with Gasteiger partial charge in [0.05, 0.1) is 0 Å². The van der Waals surface area contributed by atoms with Crippen LogP contribution in [0, 0.1) is 11.8 Å². The molecule has 0 aromatic heterocycles. The van der Waals surface area contributed by atoms with E-state index in [0.717, 1.165) is 11.8 Å². The van der Waals surface area contributed by atoms with Crippen molar-refractivity contribution in [1.29, 1.82) is 0 Å². The molecule has 0 aromatic carbocycles. The molecule has 0 atom stereocenters. The fourth-order valence-electron chi connectivity index (χ4n) is 2.03. The predicted molar refractivity (Wildman–Crippen MR) is 55.1 cm³/mol. The lowest BCUT2D eigenvalue weighted by Crippen LogP contribution is -2.24. The molecule has 0 radical (unpaired) electrons.